The fourth-order valence-electron chi connectivity index (χ4n) is 1.90. The number of nitrogens with zero attached hydrogens (tertiary/aromatic N) is 3. The highest BCUT2D eigenvalue weighted by Gasteiger charge is 2.20. The number of benzene rings is 1. The third kappa shape index (κ3) is 2.52. The molecule has 0 spiro atoms. The van der Waals surface area contributed by atoms with Gasteiger partial charge in [0.05, 0.1) is 6.04 Å². The zero-order chi connectivity index (χ0) is 12.4. The van der Waals surface area contributed by atoms with Gasteiger partial charge in [0, 0.05) is 6.42 Å². The van der Waals surface area contributed by atoms with Gasteiger partial charge in [-0.1, -0.05) is 26.0 Å². The molecule has 0 radical (unpaired) electrons. The van der Waals surface area contributed by atoms with Crippen LogP contribution in [0.2, 0.25) is 0 Å². The van der Waals surface area contributed by atoms with Gasteiger partial charge in [0.25, 0.3) is 0 Å². The van der Waals surface area contributed by atoms with Crippen molar-refractivity contribution in [1.82, 2.24) is 15.0 Å². The van der Waals surface area contributed by atoms with Crippen LogP contribution in [0.4, 0.5) is 0 Å². The van der Waals surface area contributed by atoms with E-state index in [0.717, 1.165) is 11.0 Å². The summed E-state index contributed by atoms with van der Waals surface area (Å²) in [6.45, 7) is 5.78. The van der Waals surface area contributed by atoms with Gasteiger partial charge in [-0.3, -0.25) is 4.79 Å². The van der Waals surface area contributed by atoms with Crippen molar-refractivity contribution in [1.29, 1.82) is 0 Å². The van der Waals surface area contributed by atoms with Gasteiger partial charge in [-0.25, -0.2) is 0 Å². The minimum Gasteiger partial charge on any atom is -0.300 e. The molecule has 1 aromatic heterocycles. The Bertz CT molecular complexity index is 497. The predicted molar refractivity (Wildman–Crippen MR) is 66.7 cm³/mol. The van der Waals surface area contributed by atoms with Gasteiger partial charge in [-0.2, -0.15) is 15.0 Å². The van der Waals surface area contributed by atoms with E-state index in [9.17, 15) is 4.79 Å². The quantitative estimate of drug-likeness (QED) is 0.812. The first kappa shape index (κ1) is 11.8. The summed E-state index contributed by atoms with van der Waals surface area (Å²) >= 11 is 0. The second-order valence-electron chi connectivity index (χ2n) is 4.73. The minimum absolute atomic E-state index is 0.0416. The summed E-state index contributed by atoms with van der Waals surface area (Å²) in [6.07, 6.45) is 0.485. The third-order valence-corrected chi connectivity index (χ3v) is 2.86. The van der Waals surface area contributed by atoms with Gasteiger partial charge in [-0.15, -0.1) is 0 Å². The monoisotopic (exact) mass is 231 g/mol. The number of carbonyl (C=O) groups is 1. The molecule has 4 nitrogen and oxygen atoms in total. The van der Waals surface area contributed by atoms with Crippen molar-refractivity contribution in [3.8, 4) is 0 Å². The molecule has 1 heterocycles. The van der Waals surface area contributed by atoms with E-state index in [4.69, 9.17) is 0 Å². The van der Waals surface area contributed by atoms with E-state index in [0.29, 0.717) is 12.3 Å². The number of fused-ring (bicyclic) bond motifs is 1. The van der Waals surface area contributed by atoms with Gasteiger partial charge in [0.1, 0.15) is 16.8 Å². The van der Waals surface area contributed by atoms with Crippen LogP contribution < -0.4 is 0 Å². The standard InChI is InChI=1S/C13H17N3O/c1-9(2)13(8-10(3)17)16-14-11-6-4-5-7-12(11)15-16/h4-7,9,13H,8H2,1-3H3/t13-/m1/s1. The van der Waals surface area contributed by atoms with Crippen LogP contribution in [-0.4, -0.2) is 20.8 Å². The summed E-state index contributed by atoms with van der Waals surface area (Å²) in [5.41, 5.74) is 1.75. The largest absolute Gasteiger partial charge is 0.300 e. The van der Waals surface area contributed by atoms with Crippen molar-refractivity contribution < 1.29 is 4.79 Å². The summed E-state index contributed by atoms with van der Waals surface area (Å²) in [5, 5.41) is 8.88. The SMILES string of the molecule is CC(=O)C[C@H](C(C)C)n1nc2ccccc2n1. The molecule has 17 heavy (non-hydrogen) atoms. The van der Waals surface area contributed by atoms with Crippen LogP contribution in [0.15, 0.2) is 24.3 Å². The minimum atomic E-state index is 0.0416. The van der Waals surface area contributed by atoms with Crippen molar-refractivity contribution >= 4 is 16.8 Å². The number of carbonyl (C=O) groups excluding carboxylic acids is 1. The Morgan fingerprint density at radius 1 is 1.24 bits per heavy atom. The summed E-state index contributed by atoms with van der Waals surface area (Å²) in [5.74, 6) is 0.505. The molecule has 0 fully saturated rings. The highest BCUT2D eigenvalue weighted by Crippen LogP contribution is 2.21. The van der Waals surface area contributed by atoms with Crippen molar-refractivity contribution in [2.45, 2.75) is 33.2 Å². The lowest BCUT2D eigenvalue weighted by molar-refractivity contribution is -0.118. The van der Waals surface area contributed by atoms with Crippen LogP contribution in [0.25, 0.3) is 11.0 Å². The molecule has 0 aliphatic heterocycles. The second kappa shape index (κ2) is 4.65. The van der Waals surface area contributed by atoms with Crippen molar-refractivity contribution in [2.24, 2.45) is 5.92 Å². The van der Waals surface area contributed by atoms with Crippen LogP contribution >= 0.6 is 0 Å². The zero-order valence-corrected chi connectivity index (χ0v) is 10.4. The lowest BCUT2D eigenvalue weighted by Crippen LogP contribution is -2.20. The molecule has 0 amide bonds. The van der Waals surface area contributed by atoms with E-state index < -0.39 is 0 Å². The molecule has 4 heteroatoms. The Kier molecular flexibility index (Phi) is 3.22. The second-order valence-corrected chi connectivity index (χ2v) is 4.73. The normalized spacial score (nSPS) is 13.2. The first-order chi connectivity index (χ1) is 8.08. The molecule has 2 rings (SSSR count). The average molecular weight is 231 g/mol. The lowest BCUT2D eigenvalue weighted by atomic mass is 10.00. The number of aromatic nitrogens is 3. The van der Waals surface area contributed by atoms with Crippen LogP contribution in [-0.2, 0) is 4.79 Å². The molecule has 0 saturated heterocycles. The number of rotatable bonds is 4. The van der Waals surface area contributed by atoms with Gasteiger partial charge < -0.3 is 0 Å². The molecular weight excluding hydrogens is 214 g/mol. The smallest absolute Gasteiger partial charge is 0.132 e. The molecule has 0 aliphatic rings. The topological polar surface area (TPSA) is 47.8 Å². The van der Waals surface area contributed by atoms with E-state index >= 15 is 0 Å². The van der Waals surface area contributed by atoms with Gasteiger partial charge in [-0.05, 0) is 25.0 Å². The molecule has 0 N–H and O–H groups in total. The maximum Gasteiger partial charge on any atom is 0.132 e. The molecule has 1 atom stereocenters. The maximum absolute atomic E-state index is 11.3. The Balaban J connectivity index is 2.38. The van der Waals surface area contributed by atoms with E-state index in [1.165, 1.54) is 0 Å². The van der Waals surface area contributed by atoms with E-state index in [1.807, 2.05) is 24.3 Å². The van der Waals surface area contributed by atoms with Crippen molar-refractivity contribution in [2.75, 3.05) is 0 Å². The summed E-state index contributed by atoms with van der Waals surface area (Å²) in [6, 6.07) is 7.79. The van der Waals surface area contributed by atoms with Crippen molar-refractivity contribution in [3.63, 3.8) is 0 Å². The Morgan fingerprint density at radius 3 is 2.18 bits per heavy atom. The zero-order valence-electron chi connectivity index (χ0n) is 10.4. The molecular formula is C13H17N3O. The third-order valence-electron chi connectivity index (χ3n) is 2.86. The average Bonchev–Trinajstić information content (AvgIpc) is 2.68. The predicted octanol–water partition coefficient (Wildman–Crippen LogP) is 2.61. The summed E-state index contributed by atoms with van der Waals surface area (Å²) in [7, 11) is 0. The summed E-state index contributed by atoms with van der Waals surface area (Å²) < 4.78 is 0. The molecule has 0 aliphatic carbocycles. The van der Waals surface area contributed by atoms with E-state index in [-0.39, 0.29) is 11.8 Å². The Morgan fingerprint density at radius 2 is 1.76 bits per heavy atom. The fraction of sp³-hybridized carbons (Fsp3) is 0.462. The van der Waals surface area contributed by atoms with Crippen LogP contribution in [0.5, 0.6) is 0 Å². The molecule has 2 aromatic rings. The number of ketones is 1. The highest BCUT2D eigenvalue weighted by atomic mass is 16.1. The van der Waals surface area contributed by atoms with Crippen LogP contribution in [0.1, 0.15) is 33.2 Å². The first-order valence-electron chi connectivity index (χ1n) is 5.89. The summed E-state index contributed by atoms with van der Waals surface area (Å²) in [4.78, 5) is 13.0. The number of Topliss-reactive ketones (excluding diaryl/α,β-unsaturated/α-hetero) is 1. The molecule has 0 saturated carbocycles. The van der Waals surface area contributed by atoms with Crippen LogP contribution in [0.3, 0.4) is 0 Å². The van der Waals surface area contributed by atoms with E-state index in [2.05, 4.69) is 24.0 Å². The van der Waals surface area contributed by atoms with Gasteiger partial charge >= 0.3 is 0 Å². The molecule has 0 unspecified atom stereocenters. The maximum atomic E-state index is 11.3. The number of hydrogen-bond acceptors (Lipinski definition) is 3. The highest BCUT2D eigenvalue weighted by molar-refractivity contribution is 5.76. The van der Waals surface area contributed by atoms with Gasteiger partial charge in [0.2, 0.25) is 0 Å². The Hall–Kier alpha value is -1.71. The van der Waals surface area contributed by atoms with Crippen LogP contribution in [0, 0.1) is 5.92 Å². The molecule has 90 valence electrons. The Labute approximate surface area is 101 Å². The van der Waals surface area contributed by atoms with E-state index in [1.54, 1.807) is 11.7 Å². The molecule has 1 aromatic carbocycles. The fourth-order valence-corrected chi connectivity index (χ4v) is 1.90. The van der Waals surface area contributed by atoms with Gasteiger partial charge in [0.15, 0.2) is 0 Å². The lowest BCUT2D eigenvalue weighted by Gasteiger charge is -2.18. The van der Waals surface area contributed by atoms with Crippen molar-refractivity contribution in [3.05, 3.63) is 24.3 Å². The number of hydrogen-bond donors (Lipinski definition) is 0. The molecule has 0 bridgehead atoms. The first-order valence-corrected chi connectivity index (χ1v) is 5.89.